The summed E-state index contributed by atoms with van der Waals surface area (Å²) < 4.78 is 0. The molecule has 82 valence electrons. The molecule has 0 aromatic carbocycles. The molecule has 1 heterocycles. The van der Waals surface area contributed by atoms with Gasteiger partial charge in [-0.3, -0.25) is 0 Å². The standard InChI is InChI=1S/C12H17ClN2/c1-2-9-5-3-4-6-10(9)12-14-8-7-11(13)15-12/h7-10H,2-6H2,1H3. The second kappa shape index (κ2) is 4.93. The van der Waals surface area contributed by atoms with Crippen LogP contribution in [0, 0.1) is 5.92 Å². The van der Waals surface area contributed by atoms with E-state index in [9.17, 15) is 0 Å². The zero-order chi connectivity index (χ0) is 10.7. The van der Waals surface area contributed by atoms with Crippen LogP contribution in [0.25, 0.3) is 0 Å². The van der Waals surface area contributed by atoms with Gasteiger partial charge in [-0.1, -0.05) is 37.8 Å². The highest BCUT2D eigenvalue weighted by Gasteiger charge is 2.27. The van der Waals surface area contributed by atoms with Crippen molar-refractivity contribution in [2.45, 2.75) is 44.9 Å². The van der Waals surface area contributed by atoms with E-state index in [1.54, 1.807) is 12.3 Å². The summed E-state index contributed by atoms with van der Waals surface area (Å²) in [6.45, 7) is 2.26. The Balaban J connectivity index is 2.20. The largest absolute Gasteiger partial charge is 0.241 e. The molecule has 0 saturated heterocycles. The molecular formula is C12H17ClN2. The minimum Gasteiger partial charge on any atom is -0.241 e. The van der Waals surface area contributed by atoms with Gasteiger partial charge in [0, 0.05) is 12.1 Å². The molecular weight excluding hydrogens is 208 g/mol. The van der Waals surface area contributed by atoms with Crippen molar-refractivity contribution in [2.24, 2.45) is 5.92 Å². The highest BCUT2D eigenvalue weighted by molar-refractivity contribution is 6.29. The molecule has 0 amide bonds. The van der Waals surface area contributed by atoms with Crippen LogP contribution in [0.3, 0.4) is 0 Å². The van der Waals surface area contributed by atoms with Gasteiger partial charge in [0.1, 0.15) is 11.0 Å². The molecule has 0 aliphatic heterocycles. The molecule has 15 heavy (non-hydrogen) atoms. The van der Waals surface area contributed by atoms with E-state index in [-0.39, 0.29) is 0 Å². The van der Waals surface area contributed by atoms with Crippen LogP contribution in [0.1, 0.15) is 50.8 Å². The maximum atomic E-state index is 5.90. The van der Waals surface area contributed by atoms with Gasteiger partial charge in [0.25, 0.3) is 0 Å². The minimum atomic E-state index is 0.530. The monoisotopic (exact) mass is 224 g/mol. The van der Waals surface area contributed by atoms with E-state index in [2.05, 4.69) is 16.9 Å². The van der Waals surface area contributed by atoms with Gasteiger partial charge in [-0.05, 0) is 24.8 Å². The van der Waals surface area contributed by atoms with E-state index < -0.39 is 0 Å². The first-order valence-electron chi connectivity index (χ1n) is 5.79. The maximum absolute atomic E-state index is 5.90. The summed E-state index contributed by atoms with van der Waals surface area (Å²) >= 11 is 5.90. The van der Waals surface area contributed by atoms with Crippen molar-refractivity contribution in [1.29, 1.82) is 0 Å². The zero-order valence-corrected chi connectivity index (χ0v) is 9.87. The number of rotatable bonds is 2. The van der Waals surface area contributed by atoms with Gasteiger partial charge in [0.2, 0.25) is 0 Å². The Morgan fingerprint density at radius 3 is 2.93 bits per heavy atom. The van der Waals surface area contributed by atoms with E-state index in [0.29, 0.717) is 11.1 Å². The van der Waals surface area contributed by atoms with Crippen molar-refractivity contribution in [2.75, 3.05) is 0 Å². The molecule has 0 spiro atoms. The van der Waals surface area contributed by atoms with Gasteiger partial charge in [0.15, 0.2) is 0 Å². The lowest BCUT2D eigenvalue weighted by atomic mass is 9.77. The highest BCUT2D eigenvalue weighted by Crippen LogP contribution is 2.38. The molecule has 0 radical (unpaired) electrons. The topological polar surface area (TPSA) is 25.8 Å². The van der Waals surface area contributed by atoms with Gasteiger partial charge < -0.3 is 0 Å². The molecule has 1 saturated carbocycles. The minimum absolute atomic E-state index is 0.530. The fourth-order valence-corrected chi connectivity index (χ4v) is 2.71. The van der Waals surface area contributed by atoms with Crippen molar-refractivity contribution < 1.29 is 0 Å². The van der Waals surface area contributed by atoms with Gasteiger partial charge >= 0.3 is 0 Å². The Hall–Kier alpha value is -0.630. The summed E-state index contributed by atoms with van der Waals surface area (Å²) in [5.41, 5.74) is 0. The summed E-state index contributed by atoms with van der Waals surface area (Å²) in [4.78, 5) is 8.72. The van der Waals surface area contributed by atoms with Crippen LogP contribution in [0.15, 0.2) is 12.3 Å². The molecule has 1 fully saturated rings. The predicted molar refractivity (Wildman–Crippen MR) is 62.0 cm³/mol. The first-order valence-corrected chi connectivity index (χ1v) is 6.17. The highest BCUT2D eigenvalue weighted by atomic mass is 35.5. The van der Waals surface area contributed by atoms with Crippen molar-refractivity contribution in [1.82, 2.24) is 9.97 Å². The van der Waals surface area contributed by atoms with E-state index in [0.717, 1.165) is 11.7 Å². The third-order valence-electron chi connectivity index (χ3n) is 3.41. The van der Waals surface area contributed by atoms with Crippen LogP contribution in [-0.4, -0.2) is 9.97 Å². The predicted octanol–water partition coefficient (Wildman–Crippen LogP) is 3.81. The number of hydrogen-bond acceptors (Lipinski definition) is 2. The third-order valence-corrected chi connectivity index (χ3v) is 3.62. The second-order valence-electron chi connectivity index (χ2n) is 4.30. The number of halogens is 1. The van der Waals surface area contributed by atoms with E-state index in [1.807, 2.05) is 0 Å². The summed E-state index contributed by atoms with van der Waals surface area (Å²) in [5, 5.41) is 0.570. The molecule has 2 atom stereocenters. The lowest BCUT2D eigenvalue weighted by molar-refractivity contribution is 0.289. The van der Waals surface area contributed by atoms with Crippen LogP contribution in [-0.2, 0) is 0 Å². The summed E-state index contributed by atoms with van der Waals surface area (Å²) in [5.74, 6) is 2.23. The molecule has 1 aromatic heterocycles. The fraction of sp³-hybridized carbons (Fsp3) is 0.667. The number of aromatic nitrogens is 2. The molecule has 0 bridgehead atoms. The summed E-state index contributed by atoms with van der Waals surface area (Å²) in [6, 6.07) is 1.74. The van der Waals surface area contributed by atoms with Crippen LogP contribution in [0.4, 0.5) is 0 Å². The molecule has 3 heteroatoms. The van der Waals surface area contributed by atoms with Crippen LogP contribution < -0.4 is 0 Å². The molecule has 2 unspecified atom stereocenters. The average molecular weight is 225 g/mol. The molecule has 1 aromatic rings. The Kier molecular flexibility index (Phi) is 3.57. The average Bonchev–Trinajstić information content (AvgIpc) is 2.29. The zero-order valence-electron chi connectivity index (χ0n) is 9.12. The number of nitrogens with zero attached hydrogens (tertiary/aromatic N) is 2. The molecule has 2 rings (SSSR count). The summed E-state index contributed by atoms with van der Waals surface area (Å²) in [7, 11) is 0. The maximum Gasteiger partial charge on any atom is 0.133 e. The van der Waals surface area contributed by atoms with Gasteiger partial charge in [-0.2, -0.15) is 0 Å². The third kappa shape index (κ3) is 2.49. The van der Waals surface area contributed by atoms with Crippen LogP contribution in [0.5, 0.6) is 0 Å². The van der Waals surface area contributed by atoms with Gasteiger partial charge in [-0.15, -0.1) is 0 Å². The van der Waals surface area contributed by atoms with Crippen molar-refractivity contribution in [3.05, 3.63) is 23.2 Å². The van der Waals surface area contributed by atoms with E-state index in [1.165, 1.54) is 32.1 Å². The van der Waals surface area contributed by atoms with Crippen LogP contribution in [0.2, 0.25) is 5.15 Å². The lowest BCUT2D eigenvalue weighted by Gasteiger charge is -2.29. The number of hydrogen-bond donors (Lipinski definition) is 0. The Morgan fingerprint density at radius 1 is 1.40 bits per heavy atom. The Labute approximate surface area is 96.1 Å². The molecule has 0 N–H and O–H groups in total. The second-order valence-corrected chi connectivity index (χ2v) is 4.68. The Bertz CT molecular complexity index is 327. The quantitative estimate of drug-likeness (QED) is 0.714. The summed E-state index contributed by atoms with van der Waals surface area (Å²) in [6.07, 6.45) is 8.19. The smallest absolute Gasteiger partial charge is 0.133 e. The SMILES string of the molecule is CCC1CCCCC1c1nccc(Cl)n1. The van der Waals surface area contributed by atoms with Crippen LogP contribution >= 0.6 is 11.6 Å². The van der Waals surface area contributed by atoms with E-state index >= 15 is 0 Å². The van der Waals surface area contributed by atoms with E-state index in [4.69, 9.17) is 11.6 Å². The van der Waals surface area contributed by atoms with Gasteiger partial charge in [-0.25, -0.2) is 9.97 Å². The van der Waals surface area contributed by atoms with Gasteiger partial charge in [0.05, 0.1) is 0 Å². The molecule has 2 nitrogen and oxygen atoms in total. The Morgan fingerprint density at radius 2 is 2.20 bits per heavy atom. The normalized spacial score (nSPS) is 26.5. The van der Waals surface area contributed by atoms with Crippen molar-refractivity contribution >= 4 is 11.6 Å². The van der Waals surface area contributed by atoms with Crippen molar-refractivity contribution in [3.63, 3.8) is 0 Å². The lowest BCUT2D eigenvalue weighted by Crippen LogP contribution is -2.19. The molecule has 1 aliphatic rings. The van der Waals surface area contributed by atoms with Crippen molar-refractivity contribution in [3.8, 4) is 0 Å². The first kappa shape index (κ1) is 10.9. The first-order chi connectivity index (χ1) is 7.31. The molecule has 1 aliphatic carbocycles. The fourth-order valence-electron chi connectivity index (χ4n) is 2.57.